The quantitative estimate of drug-likeness (QED) is 0.279. The van der Waals surface area contributed by atoms with Crippen molar-refractivity contribution in [2.75, 3.05) is 17.2 Å². The molecule has 0 fully saturated rings. The zero-order valence-corrected chi connectivity index (χ0v) is 19.5. The van der Waals surface area contributed by atoms with E-state index in [-0.39, 0.29) is 19.2 Å². The largest absolute Gasteiger partial charge is 0.416 e. The molecule has 1 aliphatic heterocycles. The van der Waals surface area contributed by atoms with Crippen LogP contribution in [0.5, 0.6) is 0 Å². The molecule has 2 N–H and O–H groups in total. The van der Waals surface area contributed by atoms with Crippen molar-refractivity contribution in [1.82, 2.24) is 14.9 Å². The lowest BCUT2D eigenvalue weighted by molar-refractivity contribution is -0.143. The minimum atomic E-state index is -5.01. The summed E-state index contributed by atoms with van der Waals surface area (Å²) >= 11 is 0. The van der Waals surface area contributed by atoms with E-state index in [1.165, 1.54) is 4.90 Å². The van der Waals surface area contributed by atoms with E-state index in [0.29, 0.717) is 24.4 Å². The van der Waals surface area contributed by atoms with Crippen LogP contribution in [0.4, 0.5) is 48.3 Å². The molecule has 38 heavy (non-hydrogen) atoms. The SMILES string of the molecule is O=C(Nc1cc(C(F)(F)F)cc(C(F)(F)F)c1)N1CCc2c(ccnc2Nc2cnc3ccccc3c2)C1. The molecule has 0 saturated heterocycles. The number of carbonyl (C=O) groups excluding carboxylic acids is 1. The number of urea groups is 1. The number of aromatic nitrogens is 2. The molecule has 196 valence electrons. The third kappa shape index (κ3) is 5.34. The summed E-state index contributed by atoms with van der Waals surface area (Å²) in [6, 6.07) is 11.4. The predicted molar refractivity (Wildman–Crippen MR) is 129 cm³/mol. The first-order valence-electron chi connectivity index (χ1n) is 11.4. The highest BCUT2D eigenvalue weighted by molar-refractivity contribution is 5.90. The third-order valence-electron chi connectivity index (χ3n) is 6.13. The van der Waals surface area contributed by atoms with Crippen LogP contribution in [0.15, 0.2) is 67.0 Å². The number of para-hydroxylation sites is 1. The Morgan fingerprint density at radius 2 is 1.58 bits per heavy atom. The molecule has 2 aromatic heterocycles. The van der Waals surface area contributed by atoms with E-state index in [0.717, 1.165) is 27.7 Å². The Hall–Kier alpha value is -4.35. The fraction of sp³-hybridized carbons (Fsp3) is 0.192. The lowest BCUT2D eigenvalue weighted by atomic mass is 10.0. The van der Waals surface area contributed by atoms with E-state index in [1.807, 2.05) is 30.3 Å². The normalized spacial score (nSPS) is 13.8. The van der Waals surface area contributed by atoms with E-state index in [4.69, 9.17) is 0 Å². The van der Waals surface area contributed by atoms with Crippen LogP contribution in [0, 0.1) is 0 Å². The highest BCUT2D eigenvalue weighted by atomic mass is 19.4. The summed E-state index contributed by atoms with van der Waals surface area (Å²) in [4.78, 5) is 22.9. The molecular formula is C26H19F6N5O. The van der Waals surface area contributed by atoms with E-state index in [1.54, 1.807) is 18.5 Å². The fourth-order valence-electron chi connectivity index (χ4n) is 4.28. The van der Waals surface area contributed by atoms with Crippen LogP contribution < -0.4 is 10.6 Å². The van der Waals surface area contributed by atoms with Crippen molar-refractivity contribution >= 4 is 34.1 Å². The molecule has 0 aliphatic carbocycles. The molecule has 4 aromatic rings. The van der Waals surface area contributed by atoms with Gasteiger partial charge in [-0.1, -0.05) is 18.2 Å². The van der Waals surface area contributed by atoms with Crippen LogP contribution in [0.1, 0.15) is 22.3 Å². The van der Waals surface area contributed by atoms with Crippen LogP contribution in [0.3, 0.4) is 0 Å². The number of rotatable bonds is 3. The smallest absolute Gasteiger partial charge is 0.339 e. The number of amides is 2. The van der Waals surface area contributed by atoms with Gasteiger partial charge in [-0.2, -0.15) is 26.3 Å². The number of nitrogens with zero attached hydrogens (tertiary/aromatic N) is 3. The molecule has 12 heteroatoms. The highest BCUT2D eigenvalue weighted by Gasteiger charge is 2.37. The van der Waals surface area contributed by atoms with Crippen molar-refractivity contribution in [2.45, 2.75) is 25.3 Å². The molecular weight excluding hydrogens is 512 g/mol. The Bertz CT molecular complexity index is 1490. The van der Waals surface area contributed by atoms with Gasteiger partial charge in [-0.3, -0.25) is 4.98 Å². The van der Waals surface area contributed by atoms with Gasteiger partial charge in [-0.15, -0.1) is 0 Å². The van der Waals surface area contributed by atoms with E-state index in [2.05, 4.69) is 20.6 Å². The standard InChI is InChI=1S/C26H19F6N5O/c27-25(28,29)17-10-18(26(30,31)32)12-19(11-17)36-24(38)37-8-6-21-16(14-37)5-7-33-23(21)35-20-9-15-3-1-2-4-22(15)34-13-20/h1-5,7,9-13H,6,8,14H2,(H,33,35)(H,36,38). The topological polar surface area (TPSA) is 70.2 Å². The van der Waals surface area contributed by atoms with Crippen molar-refractivity contribution in [1.29, 1.82) is 0 Å². The van der Waals surface area contributed by atoms with E-state index >= 15 is 0 Å². The molecule has 1 aliphatic rings. The van der Waals surface area contributed by atoms with Gasteiger partial charge in [-0.05, 0) is 48.4 Å². The number of nitrogens with one attached hydrogen (secondary N) is 2. The molecule has 0 atom stereocenters. The van der Waals surface area contributed by atoms with Gasteiger partial charge in [0, 0.05) is 35.9 Å². The van der Waals surface area contributed by atoms with E-state index < -0.39 is 35.2 Å². The zero-order valence-electron chi connectivity index (χ0n) is 19.5. The zero-order chi connectivity index (χ0) is 27.1. The summed E-state index contributed by atoms with van der Waals surface area (Å²) in [5, 5.41) is 6.37. The average molecular weight is 531 g/mol. The maximum absolute atomic E-state index is 13.2. The summed E-state index contributed by atoms with van der Waals surface area (Å²) in [5.41, 5.74) is -0.446. The van der Waals surface area contributed by atoms with Crippen LogP contribution in [-0.2, 0) is 25.3 Å². The maximum atomic E-state index is 13.2. The molecule has 0 radical (unpaired) electrons. The monoisotopic (exact) mass is 531 g/mol. The summed E-state index contributed by atoms with van der Waals surface area (Å²) in [6.45, 7) is 0.277. The first kappa shape index (κ1) is 25.3. The maximum Gasteiger partial charge on any atom is 0.416 e. The Kier molecular flexibility index (Phi) is 6.33. The Labute approximate surface area is 212 Å². The molecule has 2 aromatic carbocycles. The van der Waals surface area contributed by atoms with Crippen LogP contribution in [0.2, 0.25) is 0 Å². The van der Waals surface area contributed by atoms with Gasteiger partial charge in [-0.25, -0.2) is 9.78 Å². The number of pyridine rings is 2. The predicted octanol–water partition coefficient (Wildman–Crippen LogP) is 7.00. The van der Waals surface area contributed by atoms with Gasteiger partial charge in [0.05, 0.1) is 28.5 Å². The molecule has 0 spiro atoms. The minimum Gasteiger partial charge on any atom is -0.339 e. The van der Waals surface area contributed by atoms with Gasteiger partial charge in [0.1, 0.15) is 5.82 Å². The van der Waals surface area contributed by atoms with E-state index in [9.17, 15) is 31.1 Å². The van der Waals surface area contributed by atoms with Crippen molar-refractivity contribution in [3.05, 3.63) is 89.2 Å². The van der Waals surface area contributed by atoms with Crippen LogP contribution in [-0.4, -0.2) is 27.4 Å². The average Bonchev–Trinajstić information content (AvgIpc) is 2.87. The summed E-state index contributed by atoms with van der Waals surface area (Å²) < 4.78 is 78.9. The fourth-order valence-corrected chi connectivity index (χ4v) is 4.28. The number of fused-ring (bicyclic) bond motifs is 2. The molecule has 0 bridgehead atoms. The number of alkyl halides is 6. The second kappa shape index (κ2) is 9.51. The van der Waals surface area contributed by atoms with Gasteiger partial charge >= 0.3 is 18.4 Å². The lowest BCUT2D eigenvalue weighted by Gasteiger charge is -2.30. The Morgan fingerprint density at radius 3 is 2.29 bits per heavy atom. The number of carbonyl (C=O) groups is 1. The molecule has 2 amide bonds. The van der Waals surface area contributed by atoms with Gasteiger partial charge < -0.3 is 15.5 Å². The summed E-state index contributed by atoms with van der Waals surface area (Å²) in [6.07, 6.45) is -6.42. The van der Waals surface area contributed by atoms with Gasteiger partial charge in [0.25, 0.3) is 0 Å². The molecule has 0 unspecified atom stereocenters. The van der Waals surface area contributed by atoms with Crippen LogP contribution >= 0.6 is 0 Å². The lowest BCUT2D eigenvalue weighted by Crippen LogP contribution is -2.39. The van der Waals surface area contributed by atoms with Crippen molar-refractivity contribution in [3.8, 4) is 0 Å². The van der Waals surface area contributed by atoms with Crippen molar-refractivity contribution < 1.29 is 31.1 Å². The number of anilines is 3. The number of benzene rings is 2. The summed E-state index contributed by atoms with van der Waals surface area (Å²) in [7, 11) is 0. The van der Waals surface area contributed by atoms with Crippen molar-refractivity contribution in [2.24, 2.45) is 0 Å². The van der Waals surface area contributed by atoms with Gasteiger partial charge in [0.15, 0.2) is 0 Å². The molecule has 3 heterocycles. The number of hydrogen-bond acceptors (Lipinski definition) is 4. The molecule has 6 nitrogen and oxygen atoms in total. The highest BCUT2D eigenvalue weighted by Crippen LogP contribution is 2.38. The third-order valence-corrected chi connectivity index (χ3v) is 6.13. The van der Waals surface area contributed by atoms with Crippen LogP contribution in [0.25, 0.3) is 10.9 Å². The first-order valence-corrected chi connectivity index (χ1v) is 11.4. The second-order valence-electron chi connectivity index (χ2n) is 8.74. The van der Waals surface area contributed by atoms with Gasteiger partial charge in [0.2, 0.25) is 0 Å². The Morgan fingerprint density at radius 1 is 0.868 bits per heavy atom. The molecule has 0 saturated carbocycles. The Balaban J connectivity index is 1.34. The summed E-state index contributed by atoms with van der Waals surface area (Å²) in [5.74, 6) is 0.576. The second-order valence-corrected chi connectivity index (χ2v) is 8.74. The number of halogens is 6. The molecule has 5 rings (SSSR count). The minimum absolute atomic E-state index is 0.0133. The van der Waals surface area contributed by atoms with Crippen molar-refractivity contribution in [3.63, 3.8) is 0 Å². The first-order chi connectivity index (χ1) is 18.0. The number of hydrogen-bond donors (Lipinski definition) is 2.